The Labute approximate surface area is 166 Å². The van der Waals surface area contributed by atoms with E-state index in [9.17, 15) is 4.79 Å². The lowest BCUT2D eigenvalue weighted by Gasteiger charge is -2.20. The van der Waals surface area contributed by atoms with Crippen LogP contribution in [0.15, 0.2) is 48.7 Å². The number of aromatic amines is 1. The molecule has 5 heteroatoms. The van der Waals surface area contributed by atoms with Crippen LogP contribution in [0.3, 0.4) is 0 Å². The Balaban J connectivity index is 2.03. The highest BCUT2D eigenvalue weighted by molar-refractivity contribution is 5.86. The van der Waals surface area contributed by atoms with E-state index in [1.54, 1.807) is 14.2 Å². The van der Waals surface area contributed by atoms with Gasteiger partial charge in [-0.25, -0.2) is 0 Å². The maximum absolute atomic E-state index is 12.7. The van der Waals surface area contributed by atoms with Gasteiger partial charge in [0.1, 0.15) is 0 Å². The summed E-state index contributed by atoms with van der Waals surface area (Å²) in [5, 5.41) is 4.21. The summed E-state index contributed by atoms with van der Waals surface area (Å²) in [7, 11) is 3.24. The molecule has 1 aromatic heterocycles. The Bertz CT molecular complexity index is 948. The van der Waals surface area contributed by atoms with Crippen LogP contribution in [0.25, 0.3) is 10.9 Å². The molecule has 0 fully saturated rings. The van der Waals surface area contributed by atoms with Crippen molar-refractivity contribution in [3.8, 4) is 11.5 Å². The van der Waals surface area contributed by atoms with E-state index in [0.29, 0.717) is 17.9 Å². The molecule has 1 amide bonds. The Hall–Kier alpha value is -2.95. The minimum Gasteiger partial charge on any atom is -0.493 e. The summed E-state index contributed by atoms with van der Waals surface area (Å²) in [4.78, 5) is 16.1. The Morgan fingerprint density at radius 1 is 1.11 bits per heavy atom. The molecule has 0 aliphatic rings. The van der Waals surface area contributed by atoms with Crippen LogP contribution in [0.4, 0.5) is 0 Å². The molecule has 0 bridgehead atoms. The number of carbonyl (C=O) groups is 1. The van der Waals surface area contributed by atoms with E-state index in [1.165, 1.54) is 0 Å². The molecule has 148 valence electrons. The largest absolute Gasteiger partial charge is 0.493 e. The van der Waals surface area contributed by atoms with Crippen molar-refractivity contribution < 1.29 is 14.3 Å². The number of benzene rings is 2. The lowest BCUT2D eigenvalue weighted by molar-refractivity contribution is -0.121. The van der Waals surface area contributed by atoms with Crippen LogP contribution in [0.2, 0.25) is 0 Å². The number of amides is 1. The first-order valence-corrected chi connectivity index (χ1v) is 9.64. The lowest BCUT2D eigenvalue weighted by atomic mass is 9.87. The topological polar surface area (TPSA) is 63.4 Å². The van der Waals surface area contributed by atoms with Crippen LogP contribution in [0, 0.1) is 0 Å². The summed E-state index contributed by atoms with van der Waals surface area (Å²) in [6.07, 6.45) is 3.27. The second-order valence-corrected chi connectivity index (χ2v) is 7.04. The fraction of sp³-hybridized carbons (Fsp3) is 0.348. The van der Waals surface area contributed by atoms with Gasteiger partial charge in [0.25, 0.3) is 0 Å². The summed E-state index contributed by atoms with van der Waals surface area (Å²) in [6, 6.07) is 14.2. The van der Waals surface area contributed by atoms with Gasteiger partial charge in [0.15, 0.2) is 11.5 Å². The van der Waals surface area contributed by atoms with Gasteiger partial charge >= 0.3 is 0 Å². The van der Waals surface area contributed by atoms with E-state index in [0.717, 1.165) is 28.5 Å². The van der Waals surface area contributed by atoms with Gasteiger partial charge in [0.2, 0.25) is 5.91 Å². The number of nitrogens with one attached hydrogen (secondary N) is 2. The van der Waals surface area contributed by atoms with Crippen molar-refractivity contribution in [2.75, 3.05) is 14.2 Å². The fourth-order valence-electron chi connectivity index (χ4n) is 3.48. The first-order valence-electron chi connectivity index (χ1n) is 9.64. The molecule has 0 saturated carbocycles. The molecule has 2 N–H and O–H groups in total. The average Bonchev–Trinajstić information content (AvgIpc) is 3.15. The molecule has 2 aromatic carbocycles. The van der Waals surface area contributed by atoms with Gasteiger partial charge in [-0.1, -0.05) is 31.2 Å². The smallest absolute Gasteiger partial charge is 0.221 e. The Kier molecular flexibility index (Phi) is 6.24. The highest BCUT2D eigenvalue weighted by atomic mass is 16.5. The van der Waals surface area contributed by atoms with Crippen molar-refractivity contribution in [3.63, 3.8) is 0 Å². The molecule has 0 spiro atoms. The van der Waals surface area contributed by atoms with Gasteiger partial charge in [0, 0.05) is 35.5 Å². The average molecular weight is 380 g/mol. The van der Waals surface area contributed by atoms with Gasteiger partial charge in [-0.15, -0.1) is 0 Å². The second-order valence-electron chi connectivity index (χ2n) is 7.04. The normalized spacial score (nSPS) is 13.1. The van der Waals surface area contributed by atoms with Crippen molar-refractivity contribution in [3.05, 3.63) is 59.8 Å². The maximum atomic E-state index is 12.7. The van der Waals surface area contributed by atoms with Crippen LogP contribution in [-0.4, -0.2) is 31.2 Å². The monoisotopic (exact) mass is 380 g/mol. The van der Waals surface area contributed by atoms with Gasteiger partial charge in [0.05, 0.1) is 14.2 Å². The molecule has 0 unspecified atom stereocenters. The maximum Gasteiger partial charge on any atom is 0.221 e. The molecule has 3 rings (SSSR count). The number of H-pyrrole nitrogens is 1. The number of aromatic nitrogens is 1. The molecule has 0 aliphatic heterocycles. The number of fused-ring (bicyclic) bond motifs is 1. The van der Waals surface area contributed by atoms with Gasteiger partial charge in [-0.2, -0.15) is 0 Å². The molecule has 2 atom stereocenters. The van der Waals surface area contributed by atoms with Gasteiger partial charge in [-0.3, -0.25) is 4.79 Å². The number of hydrogen-bond donors (Lipinski definition) is 2. The van der Waals surface area contributed by atoms with Crippen molar-refractivity contribution in [2.24, 2.45) is 0 Å². The summed E-state index contributed by atoms with van der Waals surface area (Å²) in [6.45, 7) is 4.09. The molecule has 5 nitrogen and oxygen atoms in total. The van der Waals surface area contributed by atoms with Crippen LogP contribution in [0.5, 0.6) is 11.5 Å². The predicted octanol–water partition coefficient (Wildman–Crippen LogP) is 4.62. The SMILES string of the molecule is CC[C@H](C)NC(=O)C[C@H](c1ccc(OC)c(OC)c1)c1c[nH]c2ccccc12. The third-order valence-electron chi connectivity index (χ3n) is 5.22. The first kappa shape index (κ1) is 19.8. The third kappa shape index (κ3) is 4.14. The molecule has 0 aliphatic carbocycles. The predicted molar refractivity (Wildman–Crippen MR) is 112 cm³/mol. The molecule has 0 saturated heterocycles. The minimum atomic E-state index is -0.0972. The zero-order valence-corrected chi connectivity index (χ0v) is 16.9. The molecule has 28 heavy (non-hydrogen) atoms. The van der Waals surface area contributed by atoms with Crippen LogP contribution in [0.1, 0.15) is 43.7 Å². The quantitative estimate of drug-likeness (QED) is 0.599. The second kappa shape index (κ2) is 8.83. The number of methoxy groups -OCH3 is 2. The summed E-state index contributed by atoms with van der Waals surface area (Å²) in [5.41, 5.74) is 3.18. The van der Waals surface area contributed by atoms with Crippen LogP contribution < -0.4 is 14.8 Å². The van der Waals surface area contributed by atoms with Crippen molar-refractivity contribution in [1.29, 1.82) is 0 Å². The number of para-hydroxylation sites is 1. The van der Waals surface area contributed by atoms with E-state index >= 15 is 0 Å². The highest BCUT2D eigenvalue weighted by Gasteiger charge is 2.23. The zero-order valence-electron chi connectivity index (χ0n) is 16.9. The van der Waals surface area contributed by atoms with Gasteiger partial charge in [-0.05, 0) is 42.7 Å². The molecular formula is C23H28N2O3. The fourth-order valence-corrected chi connectivity index (χ4v) is 3.48. The molecule has 1 heterocycles. The standard InChI is InChI=1S/C23H28N2O3/c1-5-15(2)25-23(26)13-18(16-10-11-21(27-3)22(12-16)28-4)19-14-24-20-9-7-6-8-17(19)20/h6-12,14-15,18,24H,5,13H2,1-4H3,(H,25,26)/t15-,18+/m0/s1. The first-order chi connectivity index (χ1) is 13.6. The molecule has 3 aromatic rings. The number of rotatable bonds is 8. The summed E-state index contributed by atoms with van der Waals surface area (Å²) in [5.74, 6) is 1.28. The molecular weight excluding hydrogens is 352 g/mol. The van der Waals surface area contributed by atoms with Gasteiger partial charge < -0.3 is 19.8 Å². The van der Waals surface area contributed by atoms with E-state index in [1.807, 2.05) is 49.5 Å². The molecule has 0 radical (unpaired) electrons. The van der Waals surface area contributed by atoms with Crippen LogP contribution >= 0.6 is 0 Å². The number of ether oxygens (including phenoxy) is 2. The number of carbonyl (C=O) groups excluding carboxylic acids is 1. The lowest BCUT2D eigenvalue weighted by Crippen LogP contribution is -2.33. The Morgan fingerprint density at radius 3 is 2.57 bits per heavy atom. The number of hydrogen-bond acceptors (Lipinski definition) is 3. The Morgan fingerprint density at radius 2 is 1.86 bits per heavy atom. The minimum absolute atomic E-state index is 0.0411. The highest BCUT2D eigenvalue weighted by Crippen LogP contribution is 2.37. The summed E-state index contributed by atoms with van der Waals surface area (Å²) >= 11 is 0. The van der Waals surface area contributed by atoms with E-state index in [-0.39, 0.29) is 17.9 Å². The van der Waals surface area contributed by atoms with E-state index in [2.05, 4.69) is 23.3 Å². The van der Waals surface area contributed by atoms with Crippen molar-refractivity contribution in [1.82, 2.24) is 10.3 Å². The third-order valence-corrected chi connectivity index (χ3v) is 5.22. The summed E-state index contributed by atoms with van der Waals surface area (Å²) < 4.78 is 10.9. The van der Waals surface area contributed by atoms with E-state index in [4.69, 9.17) is 9.47 Å². The van der Waals surface area contributed by atoms with Crippen LogP contribution in [-0.2, 0) is 4.79 Å². The zero-order chi connectivity index (χ0) is 20.1. The van der Waals surface area contributed by atoms with Crippen molar-refractivity contribution in [2.45, 2.75) is 38.6 Å². The van der Waals surface area contributed by atoms with E-state index < -0.39 is 0 Å². The van der Waals surface area contributed by atoms with Crippen molar-refractivity contribution >= 4 is 16.8 Å².